The Morgan fingerprint density at radius 2 is 2.11 bits per heavy atom. The lowest BCUT2D eigenvalue weighted by molar-refractivity contribution is 0.135. The van der Waals surface area contributed by atoms with Crippen LogP contribution in [0.15, 0.2) is 4.21 Å². The van der Waals surface area contributed by atoms with Crippen molar-refractivity contribution in [2.75, 3.05) is 26.3 Å². The minimum absolute atomic E-state index is 0.214. The monoisotopic (exact) mass is 312 g/mol. The van der Waals surface area contributed by atoms with Gasteiger partial charge in [0.1, 0.15) is 0 Å². The fraction of sp³-hybridized carbons (Fsp3) is 0.700. The van der Waals surface area contributed by atoms with Crippen LogP contribution < -0.4 is 0 Å². The molecule has 0 aromatic carbocycles. The van der Waals surface area contributed by atoms with Crippen LogP contribution in [0.1, 0.15) is 19.5 Å². The first-order chi connectivity index (χ1) is 8.43. The van der Waals surface area contributed by atoms with Gasteiger partial charge >= 0.3 is 0 Å². The van der Waals surface area contributed by atoms with E-state index in [1.54, 1.807) is 13.8 Å². The molecule has 1 aromatic rings. The molecule has 0 aliphatic heterocycles. The molecule has 1 aromatic heterocycles. The Hall–Kier alpha value is -0.210. The van der Waals surface area contributed by atoms with Crippen molar-refractivity contribution in [2.45, 2.75) is 25.0 Å². The van der Waals surface area contributed by atoms with Crippen molar-refractivity contribution in [3.05, 3.63) is 10.2 Å². The molecule has 1 heterocycles. The summed E-state index contributed by atoms with van der Waals surface area (Å²) < 4.78 is 31.8. The number of nitrogens with zero attached hydrogens (tertiary/aromatic N) is 2. The molecule has 0 saturated carbocycles. The Bertz CT molecular complexity index is 487. The van der Waals surface area contributed by atoms with Gasteiger partial charge < -0.3 is 4.74 Å². The van der Waals surface area contributed by atoms with Gasteiger partial charge in [-0.2, -0.15) is 4.31 Å². The Kier molecular flexibility index (Phi) is 6.00. The first kappa shape index (κ1) is 15.8. The lowest BCUT2D eigenvalue weighted by atomic mass is 10.6. The van der Waals surface area contributed by atoms with Crippen LogP contribution in [0, 0.1) is 6.92 Å². The van der Waals surface area contributed by atoms with Crippen molar-refractivity contribution < 1.29 is 13.2 Å². The predicted octanol–water partition coefficient (Wildman–Crippen LogP) is 2.15. The zero-order chi connectivity index (χ0) is 13.8. The van der Waals surface area contributed by atoms with Gasteiger partial charge in [0, 0.05) is 19.7 Å². The third-order valence-corrected chi connectivity index (χ3v) is 6.17. The van der Waals surface area contributed by atoms with Crippen LogP contribution in [-0.4, -0.2) is 44.0 Å². The fourth-order valence-corrected chi connectivity index (χ4v) is 4.77. The molecular weight excluding hydrogens is 296 g/mol. The van der Waals surface area contributed by atoms with Gasteiger partial charge in [-0.3, -0.25) is 0 Å². The molecule has 0 bridgehead atoms. The van der Waals surface area contributed by atoms with Crippen molar-refractivity contribution in [2.24, 2.45) is 0 Å². The van der Waals surface area contributed by atoms with Gasteiger partial charge in [0.25, 0.3) is 10.0 Å². The summed E-state index contributed by atoms with van der Waals surface area (Å²) in [5, 5.41) is 0. The zero-order valence-corrected chi connectivity index (χ0v) is 13.0. The molecule has 0 aliphatic rings. The van der Waals surface area contributed by atoms with E-state index in [9.17, 15) is 8.42 Å². The smallest absolute Gasteiger partial charge is 0.254 e. The molecule has 0 N–H and O–H groups in total. The normalized spacial score (nSPS) is 12.3. The maximum atomic E-state index is 12.4. The molecule has 0 fully saturated rings. The quantitative estimate of drug-likeness (QED) is 0.724. The largest absolute Gasteiger partial charge is 0.380 e. The predicted molar refractivity (Wildman–Crippen MR) is 72.8 cm³/mol. The summed E-state index contributed by atoms with van der Waals surface area (Å²) in [4.78, 5) is 3.94. The van der Waals surface area contributed by atoms with Crippen molar-refractivity contribution in [3.63, 3.8) is 0 Å². The fourth-order valence-electron chi connectivity index (χ4n) is 1.47. The minimum atomic E-state index is -3.52. The molecule has 8 heteroatoms. The number of halogens is 1. The minimum Gasteiger partial charge on any atom is -0.380 e. The van der Waals surface area contributed by atoms with E-state index in [1.807, 2.05) is 6.92 Å². The van der Waals surface area contributed by atoms with Crippen molar-refractivity contribution in [1.82, 2.24) is 9.29 Å². The summed E-state index contributed by atoms with van der Waals surface area (Å²) in [6.45, 7) is 7.00. The molecule has 1 rings (SSSR count). The van der Waals surface area contributed by atoms with Gasteiger partial charge in [-0.15, -0.1) is 0 Å². The Labute approximate surface area is 117 Å². The van der Waals surface area contributed by atoms with E-state index in [0.29, 0.717) is 32.0 Å². The second-order valence-electron chi connectivity index (χ2n) is 3.53. The summed E-state index contributed by atoms with van der Waals surface area (Å²) in [6.07, 6.45) is 0. The van der Waals surface area contributed by atoms with E-state index in [4.69, 9.17) is 16.3 Å². The molecule has 0 spiro atoms. The second-order valence-corrected chi connectivity index (χ2v) is 7.25. The second kappa shape index (κ2) is 6.81. The summed E-state index contributed by atoms with van der Waals surface area (Å²) in [5.74, 6) is 0. The Morgan fingerprint density at radius 1 is 1.44 bits per heavy atom. The molecule has 5 nitrogen and oxygen atoms in total. The third kappa shape index (κ3) is 3.64. The topological polar surface area (TPSA) is 59.5 Å². The van der Waals surface area contributed by atoms with Gasteiger partial charge in [-0.1, -0.05) is 29.9 Å². The van der Waals surface area contributed by atoms with Gasteiger partial charge in [-0.05, 0) is 13.8 Å². The number of ether oxygens (including phenoxy) is 1. The van der Waals surface area contributed by atoms with E-state index in [0.717, 1.165) is 11.3 Å². The van der Waals surface area contributed by atoms with Crippen LogP contribution in [0.3, 0.4) is 0 Å². The average molecular weight is 313 g/mol. The molecule has 0 radical (unpaired) electrons. The van der Waals surface area contributed by atoms with E-state index >= 15 is 0 Å². The average Bonchev–Trinajstić information content (AvgIpc) is 2.64. The van der Waals surface area contributed by atoms with Crippen molar-refractivity contribution >= 4 is 33.0 Å². The highest BCUT2D eigenvalue weighted by molar-refractivity contribution is 7.91. The van der Waals surface area contributed by atoms with E-state index in [-0.39, 0.29) is 8.68 Å². The van der Waals surface area contributed by atoms with E-state index in [2.05, 4.69) is 4.98 Å². The maximum Gasteiger partial charge on any atom is 0.254 e. The summed E-state index contributed by atoms with van der Waals surface area (Å²) in [6, 6.07) is 0. The Morgan fingerprint density at radius 3 is 2.56 bits per heavy atom. The number of aromatic nitrogens is 1. The molecule has 18 heavy (non-hydrogen) atoms. The van der Waals surface area contributed by atoms with Crippen LogP contribution in [0.4, 0.5) is 0 Å². The van der Waals surface area contributed by atoms with Gasteiger partial charge in [-0.25, -0.2) is 13.4 Å². The summed E-state index contributed by atoms with van der Waals surface area (Å²) in [7, 11) is -3.52. The van der Waals surface area contributed by atoms with Gasteiger partial charge in [0.05, 0.1) is 12.3 Å². The van der Waals surface area contributed by atoms with Crippen LogP contribution in [0.5, 0.6) is 0 Å². The molecular formula is C10H17ClN2O3S2. The first-order valence-electron chi connectivity index (χ1n) is 5.64. The number of thiazole rings is 1. The number of rotatable bonds is 7. The first-order valence-corrected chi connectivity index (χ1v) is 8.27. The van der Waals surface area contributed by atoms with Crippen LogP contribution in [-0.2, 0) is 14.8 Å². The Balaban J connectivity index is 2.92. The van der Waals surface area contributed by atoms with Crippen LogP contribution in [0.25, 0.3) is 0 Å². The highest BCUT2D eigenvalue weighted by Crippen LogP contribution is 2.29. The van der Waals surface area contributed by atoms with E-state index < -0.39 is 10.0 Å². The molecule has 0 amide bonds. The van der Waals surface area contributed by atoms with Crippen LogP contribution >= 0.6 is 22.9 Å². The molecule has 0 aliphatic carbocycles. The lowest BCUT2D eigenvalue weighted by Crippen LogP contribution is -2.33. The van der Waals surface area contributed by atoms with Crippen LogP contribution in [0.2, 0.25) is 4.47 Å². The summed E-state index contributed by atoms with van der Waals surface area (Å²) >= 11 is 6.73. The van der Waals surface area contributed by atoms with Gasteiger partial charge in [0.15, 0.2) is 8.68 Å². The van der Waals surface area contributed by atoms with Crippen molar-refractivity contribution in [3.8, 4) is 0 Å². The standard InChI is InChI=1S/C10H17ClN2O3S2/c1-4-13(6-7-16-5-2)18(14,15)9-8(3)12-10(11)17-9/h4-7H2,1-3H3. The van der Waals surface area contributed by atoms with E-state index in [1.165, 1.54) is 4.31 Å². The number of sulfonamides is 1. The molecule has 0 unspecified atom stereocenters. The molecule has 104 valence electrons. The molecule has 0 atom stereocenters. The van der Waals surface area contributed by atoms with Crippen molar-refractivity contribution in [1.29, 1.82) is 0 Å². The maximum absolute atomic E-state index is 12.4. The molecule has 0 saturated heterocycles. The highest BCUT2D eigenvalue weighted by atomic mass is 35.5. The third-order valence-electron chi connectivity index (χ3n) is 2.34. The number of aryl methyl sites for hydroxylation is 1. The SMILES string of the molecule is CCOCCN(CC)S(=O)(=O)c1sc(Cl)nc1C. The number of likely N-dealkylation sites (N-methyl/N-ethyl adjacent to an activating group) is 1. The lowest BCUT2D eigenvalue weighted by Gasteiger charge is -2.19. The summed E-state index contributed by atoms with van der Waals surface area (Å²) in [5.41, 5.74) is 0.444. The number of hydrogen-bond donors (Lipinski definition) is 0. The van der Waals surface area contributed by atoms with Gasteiger partial charge in [0.2, 0.25) is 0 Å². The number of hydrogen-bond acceptors (Lipinski definition) is 5. The highest BCUT2D eigenvalue weighted by Gasteiger charge is 2.27. The zero-order valence-electron chi connectivity index (χ0n) is 10.6.